The lowest BCUT2D eigenvalue weighted by Gasteiger charge is -2.16. The lowest BCUT2D eigenvalue weighted by Crippen LogP contribution is -2.18. The molecule has 0 aromatic carbocycles. The zero-order chi connectivity index (χ0) is 10.8. The van der Waals surface area contributed by atoms with Gasteiger partial charge in [0.2, 0.25) is 0 Å². The van der Waals surface area contributed by atoms with Crippen molar-refractivity contribution in [3.05, 3.63) is 35.8 Å². The lowest BCUT2D eigenvalue weighted by molar-refractivity contribution is 0.408. The van der Waals surface area contributed by atoms with E-state index < -0.39 is 0 Å². The van der Waals surface area contributed by atoms with Crippen molar-refractivity contribution < 1.29 is 5.11 Å². The van der Waals surface area contributed by atoms with Gasteiger partial charge >= 0.3 is 0 Å². The Morgan fingerprint density at radius 1 is 1.40 bits per heavy atom. The molecule has 0 radical (unpaired) electrons. The van der Waals surface area contributed by atoms with Gasteiger partial charge in [-0.05, 0) is 44.3 Å². The third-order valence-corrected chi connectivity index (χ3v) is 2.71. The highest BCUT2D eigenvalue weighted by Gasteiger charge is 2.23. The largest absolute Gasteiger partial charge is 0.508 e. The smallest absolute Gasteiger partial charge is 0.112 e. The normalized spacial score (nSPS) is 23.7. The highest BCUT2D eigenvalue weighted by Crippen LogP contribution is 2.28. The Hall–Kier alpha value is -1.35. The van der Waals surface area contributed by atoms with E-state index in [1.807, 2.05) is 18.4 Å². The molecule has 0 bridgehead atoms. The molecule has 15 heavy (non-hydrogen) atoms. The second-order valence-corrected chi connectivity index (χ2v) is 4.21. The number of aliphatic hydroxyl groups excluding tert-OH is 1. The van der Waals surface area contributed by atoms with Crippen LogP contribution < -0.4 is 0 Å². The van der Waals surface area contributed by atoms with Crippen LogP contribution in [0, 0.1) is 5.92 Å². The van der Waals surface area contributed by atoms with Gasteiger partial charge < -0.3 is 10.0 Å². The van der Waals surface area contributed by atoms with Gasteiger partial charge in [0.15, 0.2) is 0 Å². The first-order valence-electron chi connectivity index (χ1n) is 5.17. The standard InChI is InChI=1S/C12H16N2O/c1-14(2)6-5-9-8-13-12-4-3-10(15)7-11(9)12/h3-4,7-8,11,15H,5-6H2,1-2H3. The summed E-state index contributed by atoms with van der Waals surface area (Å²) in [6.45, 7) is 1.02. The molecule has 1 aliphatic carbocycles. The summed E-state index contributed by atoms with van der Waals surface area (Å²) in [6, 6.07) is 0. The molecular weight excluding hydrogens is 188 g/mol. The molecule has 80 valence electrons. The summed E-state index contributed by atoms with van der Waals surface area (Å²) >= 11 is 0. The maximum atomic E-state index is 9.43. The van der Waals surface area contributed by atoms with Gasteiger partial charge in [-0.3, -0.25) is 4.99 Å². The third kappa shape index (κ3) is 2.18. The molecule has 2 rings (SSSR count). The fourth-order valence-corrected chi connectivity index (χ4v) is 1.82. The minimum atomic E-state index is 0.204. The number of rotatable bonds is 3. The van der Waals surface area contributed by atoms with Crippen molar-refractivity contribution >= 4 is 5.71 Å². The van der Waals surface area contributed by atoms with Crippen molar-refractivity contribution in [1.82, 2.24) is 4.90 Å². The SMILES string of the molecule is CN(C)CCC1=CN=C2C=CC(O)=CC12. The quantitative estimate of drug-likeness (QED) is 0.762. The highest BCUT2D eigenvalue weighted by atomic mass is 16.3. The van der Waals surface area contributed by atoms with E-state index in [-0.39, 0.29) is 5.92 Å². The number of allylic oxidation sites excluding steroid dienone is 3. The monoisotopic (exact) mass is 204 g/mol. The minimum absolute atomic E-state index is 0.204. The van der Waals surface area contributed by atoms with Crippen LogP contribution in [0.5, 0.6) is 0 Å². The Balaban J connectivity index is 2.04. The highest BCUT2D eigenvalue weighted by molar-refractivity contribution is 6.03. The number of aliphatic imine (C=N–C) groups is 1. The van der Waals surface area contributed by atoms with E-state index >= 15 is 0 Å². The minimum Gasteiger partial charge on any atom is -0.508 e. The summed E-state index contributed by atoms with van der Waals surface area (Å²) in [5, 5.41) is 9.43. The van der Waals surface area contributed by atoms with E-state index in [0.29, 0.717) is 5.76 Å². The topological polar surface area (TPSA) is 35.8 Å². The van der Waals surface area contributed by atoms with Gasteiger partial charge in [-0.25, -0.2) is 0 Å². The maximum Gasteiger partial charge on any atom is 0.112 e. The molecule has 3 nitrogen and oxygen atoms in total. The van der Waals surface area contributed by atoms with Crippen LogP contribution in [0.25, 0.3) is 0 Å². The van der Waals surface area contributed by atoms with Gasteiger partial charge in [-0.2, -0.15) is 0 Å². The zero-order valence-electron chi connectivity index (χ0n) is 9.14. The predicted octanol–water partition coefficient (Wildman–Crippen LogP) is 1.90. The summed E-state index contributed by atoms with van der Waals surface area (Å²) in [7, 11) is 4.12. The molecule has 0 fully saturated rings. The van der Waals surface area contributed by atoms with Crippen LogP contribution in [0.2, 0.25) is 0 Å². The van der Waals surface area contributed by atoms with E-state index in [4.69, 9.17) is 0 Å². The Kier molecular flexibility index (Phi) is 2.73. The van der Waals surface area contributed by atoms with Gasteiger partial charge in [0.1, 0.15) is 5.76 Å². The van der Waals surface area contributed by atoms with E-state index in [1.54, 1.807) is 6.08 Å². The molecular formula is C12H16N2O. The molecule has 1 atom stereocenters. The first-order chi connectivity index (χ1) is 7.16. The van der Waals surface area contributed by atoms with E-state index in [2.05, 4.69) is 24.0 Å². The third-order valence-electron chi connectivity index (χ3n) is 2.71. The second kappa shape index (κ2) is 4.03. The molecule has 0 spiro atoms. The number of nitrogens with zero attached hydrogens (tertiary/aromatic N) is 2. The fourth-order valence-electron chi connectivity index (χ4n) is 1.82. The van der Waals surface area contributed by atoms with Crippen molar-refractivity contribution in [3.63, 3.8) is 0 Å². The average Bonchev–Trinajstić information content (AvgIpc) is 2.57. The Bertz CT molecular complexity index is 375. The zero-order valence-corrected chi connectivity index (χ0v) is 9.14. The van der Waals surface area contributed by atoms with Crippen LogP contribution in [-0.2, 0) is 0 Å². The first kappa shape index (κ1) is 10.2. The summed E-state index contributed by atoms with van der Waals surface area (Å²) in [6.07, 6.45) is 8.38. The number of fused-ring (bicyclic) bond motifs is 1. The summed E-state index contributed by atoms with van der Waals surface area (Å²) < 4.78 is 0. The summed E-state index contributed by atoms with van der Waals surface area (Å²) in [5.41, 5.74) is 2.33. The van der Waals surface area contributed by atoms with Gasteiger partial charge in [0.05, 0.1) is 5.71 Å². The Morgan fingerprint density at radius 2 is 2.20 bits per heavy atom. The van der Waals surface area contributed by atoms with Crippen LogP contribution in [0.3, 0.4) is 0 Å². The molecule has 1 unspecified atom stereocenters. The predicted molar refractivity (Wildman–Crippen MR) is 62.0 cm³/mol. The lowest BCUT2D eigenvalue weighted by atomic mass is 9.90. The van der Waals surface area contributed by atoms with Crippen LogP contribution in [0.1, 0.15) is 6.42 Å². The maximum absolute atomic E-state index is 9.43. The fraction of sp³-hybridized carbons (Fsp3) is 0.417. The van der Waals surface area contributed by atoms with E-state index in [1.165, 1.54) is 5.57 Å². The number of hydrogen-bond donors (Lipinski definition) is 1. The van der Waals surface area contributed by atoms with Crippen molar-refractivity contribution in [1.29, 1.82) is 0 Å². The first-order valence-corrected chi connectivity index (χ1v) is 5.17. The molecule has 0 saturated carbocycles. The molecule has 3 heteroatoms. The number of hydrogen-bond acceptors (Lipinski definition) is 3. The molecule has 1 aliphatic heterocycles. The van der Waals surface area contributed by atoms with E-state index in [9.17, 15) is 5.11 Å². The van der Waals surface area contributed by atoms with Crippen molar-refractivity contribution in [3.8, 4) is 0 Å². The molecule has 1 N–H and O–H groups in total. The summed E-state index contributed by atoms with van der Waals surface area (Å²) in [5.74, 6) is 0.548. The summed E-state index contributed by atoms with van der Waals surface area (Å²) in [4.78, 5) is 6.50. The molecule has 1 heterocycles. The van der Waals surface area contributed by atoms with Crippen LogP contribution in [0.15, 0.2) is 40.8 Å². The molecule has 0 aromatic rings. The van der Waals surface area contributed by atoms with Gasteiger partial charge in [0.25, 0.3) is 0 Å². The van der Waals surface area contributed by atoms with E-state index in [0.717, 1.165) is 18.7 Å². The molecule has 0 amide bonds. The molecule has 0 saturated heterocycles. The van der Waals surface area contributed by atoms with Crippen molar-refractivity contribution in [2.75, 3.05) is 20.6 Å². The van der Waals surface area contributed by atoms with Gasteiger partial charge in [0, 0.05) is 18.7 Å². The van der Waals surface area contributed by atoms with Crippen molar-refractivity contribution in [2.45, 2.75) is 6.42 Å². The van der Waals surface area contributed by atoms with Crippen LogP contribution in [-0.4, -0.2) is 36.4 Å². The van der Waals surface area contributed by atoms with Crippen LogP contribution in [0.4, 0.5) is 0 Å². The van der Waals surface area contributed by atoms with Crippen LogP contribution >= 0.6 is 0 Å². The second-order valence-electron chi connectivity index (χ2n) is 4.21. The Labute approximate surface area is 90.1 Å². The molecule has 2 aliphatic rings. The van der Waals surface area contributed by atoms with Gasteiger partial charge in [-0.15, -0.1) is 0 Å². The Morgan fingerprint density at radius 3 is 2.93 bits per heavy atom. The molecule has 0 aromatic heterocycles. The van der Waals surface area contributed by atoms with Gasteiger partial charge in [-0.1, -0.05) is 0 Å². The number of aliphatic hydroxyl groups is 1. The van der Waals surface area contributed by atoms with Crippen molar-refractivity contribution in [2.24, 2.45) is 10.9 Å². The average molecular weight is 204 g/mol.